The number of hydrogen-bond acceptors (Lipinski definition) is 3. The number of nitrogens with zero attached hydrogens (tertiary/aromatic N) is 1. The maximum absolute atomic E-state index is 12.5. The smallest absolute Gasteiger partial charge is 0.254 e. The largest absolute Gasteiger partial charge is 0.399 e. The van der Waals surface area contributed by atoms with Crippen LogP contribution in [0.5, 0.6) is 0 Å². The van der Waals surface area contributed by atoms with Crippen LogP contribution < -0.4 is 11.1 Å². The van der Waals surface area contributed by atoms with Crippen LogP contribution in [0.15, 0.2) is 18.2 Å². The minimum absolute atomic E-state index is 0.0573. The summed E-state index contributed by atoms with van der Waals surface area (Å²) in [6.07, 6.45) is 0. The molecular weight excluding hydrogens is 254 g/mol. The van der Waals surface area contributed by atoms with E-state index in [9.17, 15) is 9.59 Å². The highest BCUT2D eigenvalue weighted by molar-refractivity contribution is 5.98. The zero-order valence-electron chi connectivity index (χ0n) is 12.6. The van der Waals surface area contributed by atoms with Gasteiger partial charge in [0.2, 0.25) is 5.91 Å². The number of benzene rings is 1. The number of rotatable bonds is 5. The van der Waals surface area contributed by atoms with Crippen LogP contribution >= 0.6 is 0 Å². The Morgan fingerprint density at radius 3 is 2.55 bits per heavy atom. The Morgan fingerprint density at radius 2 is 2.00 bits per heavy atom. The lowest BCUT2D eigenvalue weighted by atomic mass is 10.1. The van der Waals surface area contributed by atoms with Crippen molar-refractivity contribution in [3.8, 4) is 0 Å². The molecule has 0 heterocycles. The van der Waals surface area contributed by atoms with Crippen LogP contribution in [0.3, 0.4) is 0 Å². The lowest BCUT2D eigenvalue weighted by Gasteiger charge is -2.22. The summed E-state index contributed by atoms with van der Waals surface area (Å²) in [4.78, 5) is 25.8. The molecule has 0 aliphatic heterocycles. The van der Waals surface area contributed by atoms with Crippen LogP contribution in [-0.4, -0.2) is 35.8 Å². The molecule has 0 saturated heterocycles. The van der Waals surface area contributed by atoms with Gasteiger partial charge in [-0.3, -0.25) is 9.59 Å². The maximum atomic E-state index is 12.5. The average molecular weight is 277 g/mol. The average Bonchev–Trinajstić information content (AvgIpc) is 2.37. The molecule has 0 bridgehead atoms. The van der Waals surface area contributed by atoms with Crippen molar-refractivity contribution in [2.24, 2.45) is 0 Å². The number of aryl methyl sites for hydroxylation is 1. The van der Waals surface area contributed by atoms with Gasteiger partial charge in [0, 0.05) is 23.8 Å². The van der Waals surface area contributed by atoms with E-state index < -0.39 is 0 Å². The van der Waals surface area contributed by atoms with E-state index >= 15 is 0 Å². The highest BCUT2D eigenvalue weighted by Crippen LogP contribution is 2.15. The lowest BCUT2D eigenvalue weighted by Crippen LogP contribution is -2.42. The molecule has 0 aromatic heterocycles. The molecule has 5 heteroatoms. The van der Waals surface area contributed by atoms with Gasteiger partial charge < -0.3 is 16.0 Å². The van der Waals surface area contributed by atoms with Crippen molar-refractivity contribution in [1.82, 2.24) is 10.2 Å². The van der Waals surface area contributed by atoms with Crippen LogP contribution in [0.2, 0.25) is 0 Å². The Kier molecular flexibility index (Phi) is 5.55. The van der Waals surface area contributed by atoms with Gasteiger partial charge in [0.15, 0.2) is 0 Å². The molecule has 0 saturated carbocycles. The highest BCUT2D eigenvalue weighted by atomic mass is 16.2. The van der Waals surface area contributed by atoms with Gasteiger partial charge in [-0.25, -0.2) is 0 Å². The summed E-state index contributed by atoms with van der Waals surface area (Å²) < 4.78 is 0. The van der Waals surface area contributed by atoms with Crippen molar-refractivity contribution in [3.05, 3.63) is 29.3 Å². The monoisotopic (exact) mass is 277 g/mol. The van der Waals surface area contributed by atoms with E-state index in [0.717, 1.165) is 5.56 Å². The molecule has 2 amide bonds. The number of nitrogen functional groups attached to an aromatic ring is 1. The fourth-order valence-electron chi connectivity index (χ4n) is 1.91. The van der Waals surface area contributed by atoms with Crippen LogP contribution in [0.1, 0.15) is 36.7 Å². The normalized spacial score (nSPS) is 10.4. The zero-order chi connectivity index (χ0) is 15.3. The second kappa shape index (κ2) is 6.93. The number of nitrogens with two attached hydrogens (primary N) is 1. The Hall–Kier alpha value is -2.04. The Bertz CT molecular complexity index is 498. The number of nitrogens with one attached hydrogen (secondary N) is 1. The van der Waals surface area contributed by atoms with Crippen molar-refractivity contribution in [2.75, 3.05) is 18.8 Å². The summed E-state index contributed by atoms with van der Waals surface area (Å²) in [5, 5.41) is 2.78. The first-order valence-corrected chi connectivity index (χ1v) is 6.80. The number of amides is 2. The van der Waals surface area contributed by atoms with Crippen molar-refractivity contribution in [3.63, 3.8) is 0 Å². The molecule has 0 unspecified atom stereocenters. The van der Waals surface area contributed by atoms with E-state index in [4.69, 9.17) is 5.73 Å². The highest BCUT2D eigenvalue weighted by Gasteiger charge is 2.19. The summed E-state index contributed by atoms with van der Waals surface area (Å²) in [7, 11) is 0. The third-order valence-corrected chi connectivity index (χ3v) is 2.95. The number of carbonyl (C=O) groups excluding carboxylic acids is 2. The predicted octanol–water partition coefficient (Wildman–Crippen LogP) is 1.56. The zero-order valence-corrected chi connectivity index (χ0v) is 12.6. The first-order valence-electron chi connectivity index (χ1n) is 6.80. The van der Waals surface area contributed by atoms with Gasteiger partial charge in [0.05, 0.1) is 6.54 Å². The van der Waals surface area contributed by atoms with E-state index in [1.54, 1.807) is 12.1 Å². The van der Waals surface area contributed by atoms with E-state index in [-0.39, 0.29) is 24.4 Å². The van der Waals surface area contributed by atoms with Gasteiger partial charge in [-0.15, -0.1) is 0 Å². The predicted molar refractivity (Wildman–Crippen MR) is 80.4 cm³/mol. The molecule has 3 N–H and O–H groups in total. The van der Waals surface area contributed by atoms with Crippen molar-refractivity contribution >= 4 is 17.5 Å². The molecule has 0 atom stereocenters. The molecule has 5 nitrogen and oxygen atoms in total. The molecule has 1 rings (SSSR count). The Balaban J connectivity index is 2.86. The SMILES string of the molecule is CCN(CC(=O)NC(C)C)C(=O)c1cc(N)ccc1C. The van der Waals surface area contributed by atoms with Gasteiger partial charge in [0.25, 0.3) is 5.91 Å². The first-order chi connectivity index (χ1) is 9.35. The standard InChI is InChI=1S/C15H23N3O2/c1-5-18(9-14(19)17-10(2)3)15(20)13-8-12(16)7-6-11(13)4/h6-8,10H,5,9,16H2,1-4H3,(H,17,19). The molecule has 0 aliphatic rings. The molecule has 0 fully saturated rings. The van der Waals surface area contributed by atoms with Crippen molar-refractivity contribution in [1.29, 1.82) is 0 Å². The maximum Gasteiger partial charge on any atom is 0.254 e. The van der Waals surface area contributed by atoms with E-state index in [2.05, 4.69) is 5.32 Å². The molecule has 1 aromatic rings. The second-order valence-electron chi connectivity index (χ2n) is 5.12. The van der Waals surface area contributed by atoms with E-state index in [1.807, 2.05) is 33.8 Å². The summed E-state index contributed by atoms with van der Waals surface area (Å²) >= 11 is 0. The summed E-state index contributed by atoms with van der Waals surface area (Å²) in [6, 6.07) is 5.28. The van der Waals surface area contributed by atoms with Crippen molar-refractivity contribution < 1.29 is 9.59 Å². The number of hydrogen-bond donors (Lipinski definition) is 2. The number of anilines is 1. The van der Waals surface area contributed by atoms with Crippen LogP contribution in [0.4, 0.5) is 5.69 Å². The summed E-state index contributed by atoms with van der Waals surface area (Å²) in [5.74, 6) is -0.326. The van der Waals surface area contributed by atoms with Crippen LogP contribution in [-0.2, 0) is 4.79 Å². The fourth-order valence-corrected chi connectivity index (χ4v) is 1.91. The molecular formula is C15H23N3O2. The summed E-state index contributed by atoms with van der Waals surface area (Å²) in [5.41, 5.74) is 7.67. The minimum atomic E-state index is -0.170. The van der Waals surface area contributed by atoms with Gasteiger partial charge in [-0.2, -0.15) is 0 Å². The first kappa shape index (κ1) is 16.0. The fraction of sp³-hybridized carbons (Fsp3) is 0.467. The molecule has 20 heavy (non-hydrogen) atoms. The third kappa shape index (κ3) is 4.26. The Labute approximate surface area is 120 Å². The minimum Gasteiger partial charge on any atom is -0.399 e. The van der Waals surface area contributed by atoms with Gasteiger partial charge >= 0.3 is 0 Å². The second-order valence-corrected chi connectivity index (χ2v) is 5.12. The van der Waals surface area contributed by atoms with Crippen LogP contribution in [0, 0.1) is 6.92 Å². The van der Waals surface area contributed by atoms with Gasteiger partial charge in [0.1, 0.15) is 0 Å². The topological polar surface area (TPSA) is 75.4 Å². The molecule has 1 aromatic carbocycles. The molecule has 0 aliphatic carbocycles. The van der Waals surface area contributed by atoms with Gasteiger partial charge in [-0.1, -0.05) is 6.07 Å². The van der Waals surface area contributed by atoms with E-state index in [0.29, 0.717) is 17.8 Å². The van der Waals surface area contributed by atoms with Gasteiger partial charge in [-0.05, 0) is 45.4 Å². The Morgan fingerprint density at radius 1 is 1.35 bits per heavy atom. The van der Waals surface area contributed by atoms with E-state index in [1.165, 1.54) is 4.90 Å². The lowest BCUT2D eigenvalue weighted by molar-refractivity contribution is -0.122. The molecule has 110 valence electrons. The number of likely N-dealkylation sites (N-methyl/N-ethyl adjacent to an activating group) is 1. The third-order valence-electron chi connectivity index (χ3n) is 2.95. The molecule has 0 radical (unpaired) electrons. The number of carbonyl (C=O) groups is 2. The quantitative estimate of drug-likeness (QED) is 0.802. The van der Waals surface area contributed by atoms with Crippen LogP contribution in [0.25, 0.3) is 0 Å². The summed E-state index contributed by atoms with van der Waals surface area (Å²) in [6.45, 7) is 8.01. The molecule has 0 spiro atoms. The van der Waals surface area contributed by atoms with Crippen molar-refractivity contribution in [2.45, 2.75) is 33.7 Å².